The van der Waals surface area contributed by atoms with Gasteiger partial charge in [-0.1, -0.05) is 41.1 Å². The number of hydrogen-bond acceptors (Lipinski definition) is 6. The third-order valence-electron chi connectivity index (χ3n) is 5.23. The molecule has 0 aliphatic rings. The lowest BCUT2D eigenvalue weighted by atomic mass is 10.0. The number of hydrogen-bond donors (Lipinski definition) is 0. The summed E-state index contributed by atoms with van der Waals surface area (Å²) in [4.78, 5) is 21.9. The third kappa shape index (κ3) is 5.91. The number of nitrogens with zero attached hydrogens (tertiary/aromatic N) is 2. The average molecular weight is 521 g/mol. The predicted octanol–water partition coefficient (Wildman–Crippen LogP) is 7.11. The molecule has 0 aliphatic carbocycles. The van der Waals surface area contributed by atoms with Crippen molar-refractivity contribution in [1.82, 2.24) is 9.97 Å². The number of carbonyl (C=O) groups is 1. The number of benzene rings is 3. The zero-order chi connectivity index (χ0) is 23.9. The second-order valence-corrected chi connectivity index (χ2v) is 8.57. The molecule has 0 N–H and O–H groups in total. The summed E-state index contributed by atoms with van der Waals surface area (Å²) in [6, 6.07) is 22.6. The van der Waals surface area contributed by atoms with E-state index in [1.165, 1.54) is 0 Å². The Labute approximate surface area is 207 Å². The third-order valence-corrected chi connectivity index (χ3v) is 5.72. The molecule has 3 aromatic carbocycles. The van der Waals surface area contributed by atoms with Gasteiger partial charge in [0.1, 0.15) is 22.9 Å². The van der Waals surface area contributed by atoms with Crippen LogP contribution in [0.5, 0.6) is 23.1 Å². The molecular weight excluding hydrogens is 496 g/mol. The number of carbonyl (C=O) groups excluding carboxylic acids is 1. The van der Waals surface area contributed by atoms with Crippen LogP contribution < -0.4 is 9.47 Å². The van der Waals surface area contributed by atoms with E-state index in [2.05, 4.69) is 15.9 Å². The van der Waals surface area contributed by atoms with E-state index < -0.39 is 0 Å². The summed E-state index contributed by atoms with van der Waals surface area (Å²) in [6.45, 7) is 4.10. The predicted molar refractivity (Wildman–Crippen MR) is 134 cm³/mol. The maximum atomic E-state index is 12.4. The van der Waals surface area contributed by atoms with Crippen molar-refractivity contribution in [3.05, 3.63) is 83.0 Å². The Balaban J connectivity index is 1.61. The lowest BCUT2D eigenvalue weighted by Crippen LogP contribution is -2.20. The summed E-state index contributed by atoms with van der Waals surface area (Å²) in [5.74, 6) is 1.85. The van der Waals surface area contributed by atoms with E-state index in [-0.39, 0.29) is 11.9 Å². The molecule has 0 aliphatic heterocycles. The Morgan fingerprint density at radius 3 is 2.21 bits per heavy atom. The number of fused-ring (bicyclic) bond motifs is 1. The Kier molecular flexibility index (Phi) is 7.75. The molecule has 7 heteroatoms. The first kappa shape index (κ1) is 23.7. The molecule has 34 heavy (non-hydrogen) atoms. The van der Waals surface area contributed by atoms with Crippen molar-refractivity contribution < 1.29 is 19.0 Å². The number of aromatic nitrogens is 2. The van der Waals surface area contributed by atoms with Gasteiger partial charge in [-0.2, -0.15) is 0 Å². The lowest BCUT2D eigenvalue weighted by molar-refractivity contribution is -0.148. The van der Waals surface area contributed by atoms with Gasteiger partial charge in [-0.25, -0.2) is 9.97 Å². The number of esters is 1. The van der Waals surface area contributed by atoms with Crippen molar-refractivity contribution in [1.29, 1.82) is 0 Å². The topological polar surface area (TPSA) is 70.5 Å². The molecule has 0 radical (unpaired) electrons. The second-order valence-electron chi connectivity index (χ2n) is 7.66. The molecule has 0 bridgehead atoms. The van der Waals surface area contributed by atoms with Crippen LogP contribution in [0.3, 0.4) is 0 Å². The van der Waals surface area contributed by atoms with Crippen molar-refractivity contribution >= 4 is 32.9 Å². The summed E-state index contributed by atoms with van der Waals surface area (Å²) >= 11 is 3.48. The highest BCUT2D eigenvalue weighted by Gasteiger charge is 2.23. The van der Waals surface area contributed by atoms with Crippen LogP contribution in [-0.4, -0.2) is 22.5 Å². The van der Waals surface area contributed by atoms with Gasteiger partial charge in [0.05, 0.1) is 23.6 Å². The van der Waals surface area contributed by atoms with Crippen LogP contribution in [0.2, 0.25) is 0 Å². The van der Waals surface area contributed by atoms with Crippen LogP contribution in [0.1, 0.15) is 26.0 Å². The van der Waals surface area contributed by atoms with E-state index in [0.717, 1.165) is 15.7 Å². The molecule has 1 unspecified atom stereocenters. The Bertz CT molecular complexity index is 1260. The smallest absolute Gasteiger partial charge is 0.309 e. The standard InChI is InChI=1S/C27H25BrN2O4/c1-3-18(27(31)32-4-2)16-25-26(30-23-15-10-19(28)17-24(23)29-25)34-22-13-11-21(12-14-22)33-20-8-6-5-7-9-20/h5-15,17-18H,3-4,16H2,1-2H3. The number of rotatable bonds is 9. The van der Waals surface area contributed by atoms with E-state index in [4.69, 9.17) is 24.2 Å². The van der Waals surface area contributed by atoms with E-state index in [0.29, 0.717) is 48.0 Å². The van der Waals surface area contributed by atoms with Gasteiger partial charge < -0.3 is 14.2 Å². The summed E-state index contributed by atoms with van der Waals surface area (Å²) in [6.07, 6.45) is 0.997. The van der Waals surface area contributed by atoms with Gasteiger partial charge in [0, 0.05) is 10.9 Å². The van der Waals surface area contributed by atoms with Crippen molar-refractivity contribution in [3.8, 4) is 23.1 Å². The molecule has 1 aromatic heterocycles. The summed E-state index contributed by atoms with van der Waals surface area (Å²) in [5, 5.41) is 0. The van der Waals surface area contributed by atoms with Crippen molar-refractivity contribution in [2.45, 2.75) is 26.7 Å². The minimum absolute atomic E-state index is 0.241. The Hall–Kier alpha value is -3.45. The lowest BCUT2D eigenvalue weighted by Gasteiger charge is -2.16. The number of halogens is 1. The van der Waals surface area contributed by atoms with E-state index in [9.17, 15) is 4.79 Å². The molecule has 4 aromatic rings. The largest absolute Gasteiger partial charge is 0.466 e. The Morgan fingerprint density at radius 1 is 0.853 bits per heavy atom. The fourth-order valence-electron chi connectivity index (χ4n) is 3.46. The summed E-state index contributed by atoms with van der Waals surface area (Å²) < 4.78 is 18.1. The van der Waals surface area contributed by atoms with Crippen LogP contribution in [0.15, 0.2) is 77.3 Å². The van der Waals surface area contributed by atoms with E-state index in [1.54, 1.807) is 6.92 Å². The van der Waals surface area contributed by atoms with Gasteiger partial charge in [-0.15, -0.1) is 0 Å². The molecule has 6 nitrogen and oxygen atoms in total. The van der Waals surface area contributed by atoms with Gasteiger partial charge in [-0.05, 0) is 67.9 Å². The number of ether oxygens (including phenoxy) is 3. The van der Waals surface area contributed by atoms with E-state index >= 15 is 0 Å². The highest BCUT2D eigenvalue weighted by Crippen LogP contribution is 2.30. The van der Waals surface area contributed by atoms with Gasteiger partial charge in [0.25, 0.3) is 0 Å². The molecule has 0 spiro atoms. The summed E-state index contributed by atoms with van der Waals surface area (Å²) in [7, 11) is 0. The van der Waals surface area contributed by atoms with Gasteiger partial charge in [-0.3, -0.25) is 4.79 Å². The zero-order valence-electron chi connectivity index (χ0n) is 19.0. The number of para-hydroxylation sites is 1. The molecule has 4 rings (SSSR count). The molecule has 174 valence electrons. The monoisotopic (exact) mass is 520 g/mol. The highest BCUT2D eigenvalue weighted by atomic mass is 79.9. The summed E-state index contributed by atoms with van der Waals surface area (Å²) in [5.41, 5.74) is 2.03. The second kappa shape index (κ2) is 11.1. The maximum Gasteiger partial charge on any atom is 0.309 e. The SMILES string of the molecule is CCOC(=O)C(CC)Cc1nc2cc(Br)ccc2nc1Oc1ccc(Oc2ccccc2)cc1. The molecular formula is C27H25BrN2O4. The molecule has 1 atom stereocenters. The first-order valence-corrected chi connectivity index (χ1v) is 12.0. The Morgan fingerprint density at radius 2 is 1.53 bits per heavy atom. The van der Waals surface area contributed by atoms with Crippen molar-refractivity contribution in [2.75, 3.05) is 6.61 Å². The molecule has 0 amide bonds. The van der Waals surface area contributed by atoms with Gasteiger partial charge in [0.15, 0.2) is 0 Å². The minimum atomic E-state index is -0.331. The van der Waals surface area contributed by atoms with Crippen molar-refractivity contribution in [3.63, 3.8) is 0 Å². The van der Waals surface area contributed by atoms with Gasteiger partial charge >= 0.3 is 5.97 Å². The highest BCUT2D eigenvalue weighted by molar-refractivity contribution is 9.10. The normalized spacial score (nSPS) is 11.7. The van der Waals surface area contributed by atoms with Crippen LogP contribution in [0, 0.1) is 5.92 Å². The average Bonchev–Trinajstić information content (AvgIpc) is 2.84. The van der Waals surface area contributed by atoms with E-state index in [1.807, 2.05) is 79.7 Å². The minimum Gasteiger partial charge on any atom is -0.466 e. The first-order valence-electron chi connectivity index (χ1n) is 11.2. The quantitative estimate of drug-likeness (QED) is 0.219. The molecule has 1 heterocycles. The zero-order valence-corrected chi connectivity index (χ0v) is 20.6. The molecule has 0 saturated carbocycles. The van der Waals surface area contributed by atoms with Crippen LogP contribution in [0.25, 0.3) is 11.0 Å². The van der Waals surface area contributed by atoms with Crippen LogP contribution in [-0.2, 0) is 16.0 Å². The fraction of sp³-hybridized carbons (Fsp3) is 0.222. The van der Waals surface area contributed by atoms with Crippen LogP contribution in [0.4, 0.5) is 0 Å². The van der Waals surface area contributed by atoms with Gasteiger partial charge in [0.2, 0.25) is 5.88 Å². The maximum absolute atomic E-state index is 12.4. The van der Waals surface area contributed by atoms with Crippen molar-refractivity contribution in [2.24, 2.45) is 5.92 Å². The first-order chi connectivity index (χ1) is 16.6. The fourth-order valence-corrected chi connectivity index (χ4v) is 3.81. The molecule has 0 fully saturated rings. The molecule has 0 saturated heterocycles. The van der Waals surface area contributed by atoms with Crippen LogP contribution >= 0.6 is 15.9 Å².